The predicted octanol–water partition coefficient (Wildman–Crippen LogP) is 3.01. The van der Waals surface area contributed by atoms with Gasteiger partial charge in [-0.1, -0.05) is 24.4 Å². The van der Waals surface area contributed by atoms with Crippen molar-refractivity contribution in [1.82, 2.24) is 9.97 Å². The Balaban J connectivity index is 2.08. The second-order valence-corrected chi connectivity index (χ2v) is 4.75. The summed E-state index contributed by atoms with van der Waals surface area (Å²) in [6, 6.07) is 9.79. The zero-order chi connectivity index (χ0) is 13.9. The van der Waals surface area contributed by atoms with Crippen LogP contribution in [0.3, 0.4) is 0 Å². The van der Waals surface area contributed by atoms with Crippen molar-refractivity contribution in [2.24, 2.45) is 5.73 Å². The monoisotopic (exact) mass is 280 g/mol. The van der Waals surface area contributed by atoms with Gasteiger partial charge in [-0.2, -0.15) is 0 Å². The van der Waals surface area contributed by atoms with E-state index in [9.17, 15) is 0 Å². The molecule has 0 atom stereocenters. The largest absolute Gasteiger partial charge is 0.389 e. The second-order valence-electron chi connectivity index (χ2n) is 4.31. The first-order chi connectivity index (χ1) is 9.75. The van der Waals surface area contributed by atoms with Crippen molar-refractivity contribution in [2.45, 2.75) is 0 Å². The van der Waals surface area contributed by atoms with Crippen LogP contribution < -0.4 is 11.1 Å². The Bertz CT molecular complexity index is 780. The fourth-order valence-electron chi connectivity index (χ4n) is 2.08. The van der Waals surface area contributed by atoms with E-state index in [2.05, 4.69) is 15.3 Å². The van der Waals surface area contributed by atoms with Gasteiger partial charge in [0.1, 0.15) is 4.99 Å². The number of nitrogens with one attached hydrogen (secondary N) is 1. The zero-order valence-corrected chi connectivity index (χ0v) is 11.4. The van der Waals surface area contributed by atoms with Crippen molar-refractivity contribution in [3.05, 3.63) is 60.7 Å². The first-order valence-corrected chi connectivity index (χ1v) is 6.50. The maximum Gasteiger partial charge on any atom is 0.106 e. The zero-order valence-electron chi connectivity index (χ0n) is 10.6. The third kappa shape index (κ3) is 2.31. The highest BCUT2D eigenvalue weighted by Crippen LogP contribution is 2.26. The van der Waals surface area contributed by atoms with Crippen LogP contribution in [0, 0.1) is 0 Å². The molecule has 98 valence electrons. The summed E-state index contributed by atoms with van der Waals surface area (Å²) in [6.07, 6.45) is 6.99. The van der Waals surface area contributed by atoms with Crippen LogP contribution >= 0.6 is 12.2 Å². The third-order valence-corrected chi connectivity index (χ3v) is 3.26. The van der Waals surface area contributed by atoms with Crippen molar-refractivity contribution in [3.63, 3.8) is 0 Å². The summed E-state index contributed by atoms with van der Waals surface area (Å²) >= 11 is 5.06. The standard InChI is InChI=1S/C15H12N4S/c16-15(20)11-5-7-18-9-14(11)19-13-3-1-2-10-4-6-17-8-12(10)13/h1-9,19H,(H2,16,20). The minimum Gasteiger partial charge on any atom is -0.389 e. The molecule has 0 saturated carbocycles. The lowest BCUT2D eigenvalue weighted by molar-refractivity contribution is 1.31. The number of nitrogens with zero attached hydrogens (tertiary/aromatic N) is 2. The number of benzene rings is 1. The Kier molecular flexibility index (Phi) is 3.26. The van der Waals surface area contributed by atoms with Gasteiger partial charge in [0.2, 0.25) is 0 Å². The maximum absolute atomic E-state index is 5.73. The summed E-state index contributed by atoms with van der Waals surface area (Å²) < 4.78 is 0. The van der Waals surface area contributed by atoms with Crippen LogP contribution in [-0.2, 0) is 0 Å². The molecule has 1 aromatic carbocycles. The van der Waals surface area contributed by atoms with Crippen LogP contribution in [0.2, 0.25) is 0 Å². The van der Waals surface area contributed by atoms with Gasteiger partial charge in [-0.25, -0.2) is 0 Å². The van der Waals surface area contributed by atoms with Crippen LogP contribution in [0.25, 0.3) is 10.8 Å². The molecule has 0 aliphatic heterocycles. The maximum atomic E-state index is 5.73. The van der Waals surface area contributed by atoms with E-state index >= 15 is 0 Å². The number of aromatic nitrogens is 2. The van der Waals surface area contributed by atoms with E-state index < -0.39 is 0 Å². The highest BCUT2D eigenvalue weighted by Gasteiger charge is 2.07. The number of anilines is 2. The van der Waals surface area contributed by atoms with E-state index in [0.717, 1.165) is 27.7 Å². The highest BCUT2D eigenvalue weighted by atomic mass is 32.1. The Morgan fingerprint density at radius 1 is 1.00 bits per heavy atom. The number of pyridine rings is 2. The van der Waals surface area contributed by atoms with Gasteiger partial charge in [-0.15, -0.1) is 0 Å². The van der Waals surface area contributed by atoms with Crippen molar-refractivity contribution in [1.29, 1.82) is 0 Å². The average Bonchev–Trinajstić information content (AvgIpc) is 2.48. The molecule has 0 fully saturated rings. The molecule has 2 heterocycles. The highest BCUT2D eigenvalue weighted by molar-refractivity contribution is 7.80. The van der Waals surface area contributed by atoms with Crippen molar-refractivity contribution < 1.29 is 0 Å². The SMILES string of the molecule is NC(=S)c1ccncc1Nc1cccc2ccncc12. The van der Waals surface area contributed by atoms with E-state index in [1.54, 1.807) is 24.7 Å². The predicted molar refractivity (Wildman–Crippen MR) is 85.2 cm³/mol. The molecule has 5 heteroatoms. The van der Waals surface area contributed by atoms with Gasteiger partial charge in [-0.3, -0.25) is 9.97 Å². The lowest BCUT2D eigenvalue weighted by Crippen LogP contribution is -2.12. The molecule has 0 bridgehead atoms. The molecule has 0 radical (unpaired) electrons. The van der Waals surface area contributed by atoms with E-state index in [1.165, 1.54) is 0 Å². The smallest absolute Gasteiger partial charge is 0.106 e. The fourth-order valence-corrected chi connectivity index (χ4v) is 2.25. The minimum absolute atomic E-state index is 0.341. The summed E-state index contributed by atoms with van der Waals surface area (Å²) in [5, 5.41) is 5.48. The Morgan fingerprint density at radius 3 is 2.65 bits per heavy atom. The lowest BCUT2D eigenvalue weighted by atomic mass is 10.1. The first-order valence-electron chi connectivity index (χ1n) is 6.09. The topological polar surface area (TPSA) is 63.8 Å². The van der Waals surface area contributed by atoms with Crippen molar-refractivity contribution in [3.8, 4) is 0 Å². The molecule has 0 saturated heterocycles. The summed E-state index contributed by atoms with van der Waals surface area (Å²) in [5.74, 6) is 0. The molecule has 20 heavy (non-hydrogen) atoms. The number of thiocarbonyl (C=S) groups is 1. The Morgan fingerprint density at radius 2 is 1.80 bits per heavy atom. The van der Waals surface area contributed by atoms with Gasteiger partial charge >= 0.3 is 0 Å². The van der Waals surface area contributed by atoms with Crippen LogP contribution in [0.1, 0.15) is 5.56 Å². The van der Waals surface area contributed by atoms with Gasteiger partial charge in [0.05, 0.1) is 11.9 Å². The molecule has 3 rings (SSSR count). The van der Waals surface area contributed by atoms with E-state index in [4.69, 9.17) is 18.0 Å². The normalized spacial score (nSPS) is 10.4. The van der Waals surface area contributed by atoms with E-state index in [1.807, 2.05) is 30.5 Å². The van der Waals surface area contributed by atoms with Crippen molar-refractivity contribution >= 4 is 39.4 Å². The molecule has 0 unspecified atom stereocenters. The fraction of sp³-hybridized carbons (Fsp3) is 0. The number of fused-ring (bicyclic) bond motifs is 1. The Labute approximate surface area is 121 Å². The summed E-state index contributed by atoms with van der Waals surface area (Å²) in [4.78, 5) is 8.62. The second kappa shape index (κ2) is 5.22. The number of rotatable bonds is 3. The molecular weight excluding hydrogens is 268 g/mol. The van der Waals surface area contributed by atoms with E-state index in [-0.39, 0.29) is 0 Å². The molecule has 3 N–H and O–H groups in total. The summed E-state index contributed by atoms with van der Waals surface area (Å²) in [5.41, 5.74) is 8.24. The summed E-state index contributed by atoms with van der Waals surface area (Å²) in [6.45, 7) is 0. The molecule has 3 aromatic rings. The Hall–Kier alpha value is -2.53. The lowest BCUT2D eigenvalue weighted by Gasteiger charge is -2.12. The third-order valence-electron chi connectivity index (χ3n) is 3.04. The molecule has 2 aromatic heterocycles. The van der Waals surface area contributed by atoms with Crippen LogP contribution in [0.15, 0.2) is 55.1 Å². The van der Waals surface area contributed by atoms with Crippen LogP contribution in [0.5, 0.6) is 0 Å². The minimum atomic E-state index is 0.341. The first kappa shape index (κ1) is 12.5. The number of nitrogens with two attached hydrogens (primary N) is 1. The van der Waals surface area contributed by atoms with Gasteiger partial charge in [0, 0.05) is 35.2 Å². The van der Waals surface area contributed by atoms with Crippen molar-refractivity contribution in [2.75, 3.05) is 5.32 Å². The number of hydrogen-bond donors (Lipinski definition) is 2. The van der Waals surface area contributed by atoms with Crippen LogP contribution in [-0.4, -0.2) is 15.0 Å². The van der Waals surface area contributed by atoms with Gasteiger partial charge in [0.25, 0.3) is 0 Å². The van der Waals surface area contributed by atoms with E-state index in [0.29, 0.717) is 4.99 Å². The quantitative estimate of drug-likeness (QED) is 0.722. The molecule has 0 aliphatic carbocycles. The molecule has 0 amide bonds. The van der Waals surface area contributed by atoms with Gasteiger partial charge in [0.15, 0.2) is 0 Å². The molecule has 4 nitrogen and oxygen atoms in total. The average molecular weight is 280 g/mol. The van der Waals surface area contributed by atoms with Crippen LogP contribution in [0.4, 0.5) is 11.4 Å². The molecule has 0 spiro atoms. The summed E-state index contributed by atoms with van der Waals surface area (Å²) in [7, 11) is 0. The molecule has 0 aliphatic rings. The number of hydrogen-bond acceptors (Lipinski definition) is 4. The van der Waals surface area contributed by atoms with Gasteiger partial charge < -0.3 is 11.1 Å². The van der Waals surface area contributed by atoms with Gasteiger partial charge in [-0.05, 0) is 23.6 Å². The molecular formula is C15H12N4S.